The lowest BCUT2D eigenvalue weighted by atomic mass is 9.96. The number of hydrogen-bond acceptors (Lipinski definition) is 4. The standard InChI is InChI=1S/C11H23NO2S/c1-5-12-11(3,10(13)14-4)8-7-9-15-6-2/h12H,5-9H2,1-4H3. The molecule has 1 atom stereocenters. The van der Waals surface area contributed by atoms with E-state index in [0.29, 0.717) is 0 Å². The maximum Gasteiger partial charge on any atom is 0.325 e. The average molecular weight is 233 g/mol. The highest BCUT2D eigenvalue weighted by Crippen LogP contribution is 2.16. The van der Waals surface area contributed by atoms with E-state index in [4.69, 9.17) is 4.74 Å². The van der Waals surface area contributed by atoms with Crippen LogP contribution in [-0.4, -0.2) is 36.7 Å². The molecule has 0 aliphatic rings. The maximum atomic E-state index is 11.6. The number of nitrogens with one attached hydrogen (secondary N) is 1. The first-order chi connectivity index (χ1) is 7.10. The minimum absolute atomic E-state index is 0.161. The highest BCUT2D eigenvalue weighted by molar-refractivity contribution is 7.99. The van der Waals surface area contributed by atoms with Crippen LogP contribution in [0.4, 0.5) is 0 Å². The van der Waals surface area contributed by atoms with Crippen molar-refractivity contribution in [2.24, 2.45) is 0 Å². The van der Waals surface area contributed by atoms with Crippen molar-refractivity contribution in [3.8, 4) is 0 Å². The SMILES string of the molecule is CCNC(C)(CCCSCC)C(=O)OC. The second kappa shape index (κ2) is 7.99. The van der Waals surface area contributed by atoms with Crippen LogP contribution < -0.4 is 5.32 Å². The molecule has 0 bridgehead atoms. The van der Waals surface area contributed by atoms with Crippen LogP contribution in [-0.2, 0) is 9.53 Å². The molecule has 4 heteroatoms. The largest absolute Gasteiger partial charge is 0.468 e. The van der Waals surface area contributed by atoms with Crippen LogP contribution in [0, 0.1) is 0 Å². The second-order valence-corrected chi connectivity index (χ2v) is 5.05. The molecule has 3 nitrogen and oxygen atoms in total. The van der Waals surface area contributed by atoms with Crippen molar-refractivity contribution in [2.45, 2.75) is 39.2 Å². The van der Waals surface area contributed by atoms with Crippen molar-refractivity contribution < 1.29 is 9.53 Å². The molecule has 0 fully saturated rings. The molecule has 0 amide bonds. The van der Waals surface area contributed by atoms with Crippen LogP contribution in [0.15, 0.2) is 0 Å². The molecule has 0 saturated heterocycles. The van der Waals surface area contributed by atoms with Crippen LogP contribution in [0.3, 0.4) is 0 Å². The van der Waals surface area contributed by atoms with E-state index < -0.39 is 5.54 Å². The normalized spacial score (nSPS) is 14.7. The van der Waals surface area contributed by atoms with Crippen LogP contribution in [0.5, 0.6) is 0 Å². The van der Waals surface area contributed by atoms with Gasteiger partial charge in [-0.1, -0.05) is 13.8 Å². The van der Waals surface area contributed by atoms with Crippen LogP contribution in [0.1, 0.15) is 33.6 Å². The fraction of sp³-hybridized carbons (Fsp3) is 0.909. The van der Waals surface area contributed by atoms with Crippen LogP contribution in [0.25, 0.3) is 0 Å². The van der Waals surface area contributed by atoms with Gasteiger partial charge < -0.3 is 10.1 Å². The Labute approximate surface area is 97.3 Å². The van der Waals surface area contributed by atoms with E-state index in [1.54, 1.807) is 0 Å². The van der Waals surface area contributed by atoms with E-state index in [-0.39, 0.29) is 5.97 Å². The van der Waals surface area contributed by atoms with Crippen molar-refractivity contribution in [1.29, 1.82) is 0 Å². The molecule has 90 valence electrons. The molecule has 0 saturated carbocycles. The Bertz CT molecular complexity index is 187. The minimum atomic E-state index is -0.516. The number of likely N-dealkylation sites (N-methyl/N-ethyl adjacent to an activating group) is 1. The monoisotopic (exact) mass is 233 g/mol. The number of ether oxygens (including phenoxy) is 1. The predicted molar refractivity (Wildman–Crippen MR) is 66.3 cm³/mol. The third-order valence-electron chi connectivity index (χ3n) is 2.37. The molecular weight excluding hydrogens is 210 g/mol. The van der Waals surface area contributed by atoms with Crippen molar-refractivity contribution in [3.63, 3.8) is 0 Å². The molecule has 0 spiro atoms. The molecule has 0 aromatic carbocycles. The van der Waals surface area contributed by atoms with E-state index in [2.05, 4.69) is 12.2 Å². The average Bonchev–Trinajstić information content (AvgIpc) is 2.23. The van der Waals surface area contributed by atoms with Gasteiger partial charge in [-0.3, -0.25) is 4.79 Å². The maximum absolute atomic E-state index is 11.6. The summed E-state index contributed by atoms with van der Waals surface area (Å²) in [5.74, 6) is 2.08. The number of carbonyl (C=O) groups excluding carboxylic acids is 1. The van der Waals surface area contributed by atoms with Gasteiger partial charge in [-0.25, -0.2) is 0 Å². The Morgan fingerprint density at radius 3 is 2.60 bits per heavy atom. The summed E-state index contributed by atoms with van der Waals surface area (Å²) in [4.78, 5) is 11.6. The zero-order valence-corrected chi connectivity index (χ0v) is 11.1. The summed E-state index contributed by atoms with van der Waals surface area (Å²) in [5, 5.41) is 3.20. The van der Waals surface area contributed by atoms with Crippen molar-refractivity contribution >= 4 is 17.7 Å². The summed E-state index contributed by atoms with van der Waals surface area (Å²) < 4.78 is 4.82. The molecule has 0 rings (SSSR count). The number of methoxy groups -OCH3 is 1. The summed E-state index contributed by atoms with van der Waals surface area (Å²) in [7, 11) is 1.44. The molecule has 0 aromatic rings. The van der Waals surface area contributed by atoms with E-state index >= 15 is 0 Å². The van der Waals surface area contributed by atoms with Crippen molar-refractivity contribution in [2.75, 3.05) is 25.2 Å². The van der Waals surface area contributed by atoms with Gasteiger partial charge in [0.15, 0.2) is 0 Å². The summed E-state index contributed by atoms with van der Waals surface area (Å²) in [6.45, 7) is 6.85. The molecular formula is C11H23NO2S. The van der Waals surface area contributed by atoms with Gasteiger partial charge in [0.05, 0.1) is 7.11 Å². The zero-order valence-electron chi connectivity index (χ0n) is 10.3. The minimum Gasteiger partial charge on any atom is -0.468 e. The fourth-order valence-corrected chi connectivity index (χ4v) is 2.19. The van der Waals surface area contributed by atoms with E-state index in [9.17, 15) is 4.79 Å². The Morgan fingerprint density at radius 1 is 1.47 bits per heavy atom. The second-order valence-electron chi connectivity index (χ2n) is 3.65. The molecule has 0 aromatic heterocycles. The first kappa shape index (κ1) is 14.8. The Morgan fingerprint density at radius 2 is 2.13 bits per heavy atom. The smallest absolute Gasteiger partial charge is 0.325 e. The summed E-state index contributed by atoms with van der Waals surface area (Å²) in [5.41, 5.74) is -0.516. The molecule has 0 aliphatic heterocycles. The number of carbonyl (C=O) groups is 1. The lowest BCUT2D eigenvalue weighted by Crippen LogP contribution is -2.50. The third-order valence-corrected chi connectivity index (χ3v) is 3.36. The Kier molecular flexibility index (Phi) is 7.88. The highest BCUT2D eigenvalue weighted by atomic mass is 32.2. The highest BCUT2D eigenvalue weighted by Gasteiger charge is 2.32. The quantitative estimate of drug-likeness (QED) is 0.514. The van der Waals surface area contributed by atoms with Crippen LogP contribution >= 0.6 is 11.8 Å². The van der Waals surface area contributed by atoms with Gasteiger partial charge in [0.25, 0.3) is 0 Å². The van der Waals surface area contributed by atoms with Gasteiger partial charge in [-0.2, -0.15) is 11.8 Å². The number of rotatable bonds is 8. The topological polar surface area (TPSA) is 38.3 Å². The number of esters is 1. The Hall–Kier alpha value is -0.220. The van der Waals surface area contributed by atoms with Gasteiger partial charge >= 0.3 is 5.97 Å². The number of hydrogen-bond donors (Lipinski definition) is 1. The van der Waals surface area contributed by atoms with Gasteiger partial charge in [-0.15, -0.1) is 0 Å². The molecule has 0 radical (unpaired) electrons. The zero-order chi connectivity index (χ0) is 11.7. The molecule has 0 aliphatic carbocycles. The first-order valence-electron chi connectivity index (χ1n) is 5.52. The van der Waals surface area contributed by atoms with E-state index in [1.165, 1.54) is 7.11 Å². The van der Waals surface area contributed by atoms with Gasteiger partial charge in [0.2, 0.25) is 0 Å². The summed E-state index contributed by atoms with van der Waals surface area (Å²) in [6.07, 6.45) is 1.87. The van der Waals surface area contributed by atoms with Gasteiger partial charge in [-0.05, 0) is 37.8 Å². The van der Waals surface area contributed by atoms with Crippen LogP contribution in [0.2, 0.25) is 0 Å². The molecule has 1 N–H and O–H groups in total. The number of thioether (sulfide) groups is 1. The lowest BCUT2D eigenvalue weighted by molar-refractivity contribution is -0.148. The predicted octanol–water partition coefficient (Wildman–Crippen LogP) is 2.06. The first-order valence-corrected chi connectivity index (χ1v) is 6.67. The third kappa shape index (κ3) is 5.42. The van der Waals surface area contributed by atoms with Crippen molar-refractivity contribution in [1.82, 2.24) is 5.32 Å². The molecule has 15 heavy (non-hydrogen) atoms. The Balaban J connectivity index is 4.07. The summed E-state index contributed by atoms with van der Waals surface area (Å²) >= 11 is 1.91. The van der Waals surface area contributed by atoms with E-state index in [0.717, 1.165) is 30.9 Å². The summed E-state index contributed by atoms with van der Waals surface area (Å²) in [6, 6.07) is 0. The van der Waals surface area contributed by atoms with E-state index in [1.807, 2.05) is 25.6 Å². The van der Waals surface area contributed by atoms with Gasteiger partial charge in [0, 0.05) is 0 Å². The molecule has 1 unspecified atom stereocenters. The molecule has 0 heterocycles. The van der Waals surface area contributed by atoms with Crippen molar-refractivity contribution in [3.05, 3.63) is 0 Å². The lowest BCUT2D eigenvalue weighted by Gasteiger charge is -2.27. The van der Waals surface area contributed by atoms with Gasteiger partial charge in [0.1, 0.15) is 5.54 Å². The fourth-order valence-electron chi connectivity index (χ4n) is 1.55.